The Hall–Kier alpha value is -0.800. The van der Waals surface area contributed by atoms with Crippen LogP contribution in [0.25, 0.3) is 0 Å². The summed E-state index contributed by atoms with van der Waals surface area (Å²) in [7, 11) is 0. The van der Waals surface area contributed by atoms with Gasteiger partial charge in [-0.05, 0) is 45.9 Å². The van der Waals surface area contributed by atoms with Crippen LogP contribution in [0.2, 0.25) is 0 Å². The average molecular weight is 312 g/mol. The molecule has 0 bridgehead atoms. The van der Waals surface area contributed by atoms with Gasteiger partial charge in [0.1, 0.15) is 12.4 Å². The standard InChI is InChI=1S/C15H22BrNO/c1-5-6-9-18-14-8-7-13(16)10-12(14)11-17-15(2,3)4/h5-8,10,17H,9,11H2,1-4H3. The molecule has 0 aromatic heterocycles. The number of halogens is 1. The van der Waals surface area contributed by atoms with Crippen LogP contribution in [-0.4, -0.2) is 12.1 Å². The Morgan fingerprint density at radius 3 is 2.67 bits per heavy atom. The van der Waals surface area contributed by atoms with Gasteiger partial charge in [0.25, 0.3) is 0 Å². The molecular weight excluding hydrogens is 290 g/mol. The van der Waals surface area contributed by atoms with Crippen LogP contribution in [-0.2, 0) is 6.54 Å². The number of ether oxygens (including phenoxy) is 1. The number of rotatable bonds is 5. The summed E-state index contributed by atoms with van der Waals surface area (Å²) in [6.45, 7) is 9.88. The van der Waals surface area contributed by atoms with Crippen LogP contribution in [0.3, 0.4) is 0 Å². The lowest BCUT2D eigenvalue weighted by atomic mass is 10.1. The molecule has 0 aliphatic heterocycles. The minimum Gasteiger partial charge on any atom is -0.489 e. The fourth-order valence-corrected chi connectivity index (χ4v) is 1.83. The van der Waals surface area contributed by atoms with E-state index >= 15 is 0 Å². The SMILES string of the molecule is CC=CCOc1ccc(Br)cc1CNC(C)(C)C. The first-order chi connectivity index (χ1) is 8.42. The van der Waals surface area contributed by atoms with Crippen LogP contribution in [0, 0.1) is 0 Å². The molecule has 0 aliphatic carbocycles. The number of allylic oxidation sites excluding steroid dienone is 1. The third kappa shape index (κ3) is 5.69. The van der Waals surface area contributed by atoms with E-state index in [2.05, 4.69) is 48.1 Å². The Morgan fingerprint density at radius 2 is 2.06 bits per heavy atom. The molecule has 3 heteroatoms. The van der Waals surface area contributed by atoms with Crippen LogP contribution in [0.5, 0.6) is 5.75 Å². The Morgan fingerprint density at radius 1 is 1.33 bits per heavy atom. The number of hydrogen-bond donors (Lipinski definition) is 1. The monoisotopic (exact) mass is 311 g/mol. The average Bonchev–Trinajstić information content (AvgIpc) is 2.28. The summed E-state index contributed by atoms with van der Waals surface area (Å²) in [6, 6.07) is 6.11. The highest BCUT2D eigenvalue weighted by atomic mass is 79.9. The highest BCUT2D eigenvalue weighted by Crippen LogP contribution is 2.23. The molecule has 0 atom stereocenters. The first-order valence-electron chi connectivity index (χ1n) is 6.20. The molecule has 0 aliphatic rings. The summed E-state index contributed by atoms with van der Waals surface area (Å²) >= 11 is 3.50. The summed E-state index contributed by atoms with van der Waals surface area (Å²) < 4.78 is 6.83. The zero-order valence-electron chi connectivity index (χ0n) is 11.6. The molecular formula is C15H22BrNO. The highest BCUT2D eigenvalue weighted by Gasteiger charge is 2.11. The fraction of sp³-hybridized carbons (Fsp3) is 0.467. The Balaban J connectivity index is 2.76. The molecule has 1 N–H and O–H groups in total. The van der Waals surface area contributed by atoms with E-state index in [1.54, 1.807) is 0 Å². The lowest BCUT2D eigenvalue weighted by Gasteiger charge is -2.21. The summed E-state index contributed by atoms with van der Waals surface area (Å²) in [4.78, 5) is 0. The van der Waals surface area contributed by atoms with Crippen molar-refractivity contribution in [1.29, 1.82) is 0 Å². The van der Waals surface area contributed by atoms with Gasteiger partial charge in [0.15, 0.2) is 0 Å². The van der Waals surface area contributed by atoms with Gasteiger partial charge < -0.3 is 10.1 Å². The Kier molecular flexibility index (Phi) is 5.89. The number of hydrogen-bond acceptors (Lipinski definition) is 2. The summed E-state index contributed by atoms with van der Waals surface area (Å²) in [6.07, 6.45) is 3.99. The highest BCUT2D eigenvalue weighted by molar-refractivity contribution is 9.10. The van der Waals surface area contributed by atoms with Gasteiger partial charge in [0, 0.05) is 22.1 Å². The van der Waals surface area contributed by atoms with Gasteiger partial charge in [-0.1, -0.05) is 28.1 Å². The molecule has 1 aromatic rings. The summed E-state index contributed by atoms with van der Waals surface area (Å²) in [5, 5.41) is 3.48. The minimum absolute atomic E-state index is 0.100. The molecule has 2 nitrogen and oxygen atoms in total. The van der Waals surface area contributed by atoms with Gasteiger partial charge in [0.2, 0.25) is 0 Å². The van der Waals surface area contributed by atoms with Gasteiger partial charge in [-0.15, -0.1) is 0 Å². The van der Waals surface area contributed by atoms with E-state index in [9.17, 15) is 0 Å². The van der Waals surface area contributed by atoms with Crippen molar-refractivity contribution in [2.75, 3.05) is 6.61 Å². The number of benzene rings is 1. The largest absolute Gasteiger partial charge is 0.489 e. The van der Waals surface area contributed by atoms with Gasteiger partial charge in [0.05, 0.1) is 0 Å². The second-order valence-corrected chi connectivity index (χ2v) is 6.15. The maximum Gasteiger partial charge on any atom is 0.124 e. The molecule has 0 unspecified atom stereocenters. The van der Waals surface area contributed by atoms with Crippen molar-refractivity contribution in [3.8, 4) is 5.75 Å². The molecule has 1 rings (SSSR count). The van der Waals surface area contributed by atoms with E-state index in [1.165, 1.54) is 5.56 Å². The van der Waals surface area contributed by atoms with Gasteiger partial charge >= 0.3 is 0 Å². The normalized spacial score (nSPS) is 12.1. The molecule has 0 heterocycles. The second-order valence-electron chi connectivity index (χ2n) is 5.24. The van der Waals surface area contributed by atoms with Crippen LogP contribution in [0.1, 0.15) is 33.3 Å². The molecule has 1 aromatic carbocycles. The first-order valence-corrected chi connectivity index (χ1v) is 6.99. The lowest BCUT2D eigenvalue weighted by Crippen LogP contribution is -2.35. The van der Waals surface area contributed by atoms with Crippen LogP contribution in [0.15, 0.2) is 34.8 Å². The van der Waals surface area contributed by atoms with E-state index in [4.69, 9.17) is 4.74 Å². The molecule has 0 saturated heterocycles. The van der Waals surface area contributed by atoms with Crippen molar-refractivity contribution < 1.29 is 4.74 Å². The van der Waals surface area contributed by atoms with Crippen molar-refractivity contribution in [3.05, 3.63) is 40.4 Å². The Bertz CT molecular complexity index is 407. The van der Waals surface area contributed by atoms with Crippen molar-refractivity contribution in [2.24, 2.45) is 0 Å². The van der Waals surface area contributed by atoms with Crippen LogP contribution in [0.4, 0.5) is 0 Å². The molecule has 18 heavy (non-hydrogen) atoms. The van der Waals surface area contributed by atoms with Crippen molar-refractivity contribution in [1.82, 2.24) is 5.32 Å². The second kappa shape index (κ2) is 6.95. The molecule has 0 spiro atoms. The summed E-state index contributed by atoms with van der Waals surface area (Å²) in [5.41, 5.74) is 1.27. The van der Waals surface area contributed by atoms with Crippen molar-refractivity contribution in [3.63, 3.8) is 0 Å². The summed E-state index contributed by atoms with van der Waals surface area (Å²) in [5.74, 6) is 0.938. The van der Waals surface area contributed by atoms with E-state index in [0.29, 0.717) is 6.61 Å². The van der Waals surface area contributed by atoms with Crippen molar-refractivity contribution >= 4 is 15.9 Å². The molecule has 0 saturated carbocycles. The number of nitrogens with one attached hydrogen (secondary N) is 1. The lowest BCUT2D eigenvalue weighted by molar-refractivity contribution is 0.352. The topological polar surface area (TPSA) is 21.3 Å². The fourth-order valence-electron chi connectivity index (χ4n) is 1.42. The van der Waals surface area contributed by atoms with Crippen LogP contribution >= 0.6 is 15.9 Å². The van der Waals surface area contributed by atoms with Crippen LogP contribution < -0.4 is 10.1 Å². The predicted molar refractivity (Wildman–Crippen MR) is 81.0 cm³/mol. The predicted octanol–water partition coefficient (Wildman–Crippen LogP) is 4.29. The Labute approximate surface area is 119 Å². The molecule has 100 valence electrons. The first kappa shape index (κ1) is 15.3. The minimum atomic E-state index is 0.100. The quantitative estimate of drug-likeness (QED) is 0.819. The smallest absolute Gasteiger partial charge is 0.124 e. The zero-order valence-corrected chi connectivity index (χ0v) is 13.2. The molecule has 0 amide bonds. The van der Waals surface area contributed by atoms with E-state index in [1.807, 2.05) is 31.2 Å². The molecule has 0 radical (unpaired) electrons. The van der Waals surface area contributed by atoms with Crippen molar-refractivity contribution in [2.45, 2.75) is 39.8 Å². The maximum absolute atomic E-state index is 5.75. The van der Waals surface area contributed by atoms with E-state index in [0.717, 1.165) is 16.8 Å². The van der Waals surface area contributed by atoms with Gasteiger partial charge in [-0.2, -0.15) is 0 Å². The zero-order chi connectivity index (χ0) is 13.6. The third-order valence-corrected chi connectivity index (χ3v) is 2.90. The van der Waals surface area contributed by atoms with E-state index in [-0.39, 0.29) is 5.54 Å². The maximum atomic E-state index is 5.75. The molecule has 0 fully saturated rings. The third-order valence-electron chi connectivity index (χ3n) is 2.40. The van der Waals surface area contributed by atoms with Gasteiger partial charge in [-0.3, -0.25) is 0 Å². The van der Waals surface area contributed by atoms with E-state index < -0.39 is 0 Å². The van der Waals surface area contributed by atoms with Gasteiger partial charge in [-0.25, -0.2) is 0 Å².